The molecule has 0 saturated heterocycles. The molecule has 0 aliphatic heterocycles. The molecule has 0 radical (unpaired) electrons. The van der Waals surface area contributed by atoms with Crippen molar-refractivity contribution in [3.63, 3.8) is 0 Å². The van der Waals surface area contributed by atoms with Crippen molar-refractivity contribution < 1.29 is 22.7 Å². The van der Waals surface area contributed by atoms with Crippen LogP contribution in [0.1, 0.15) is 32.1 Å². The van der Waals surface area contributed by atoms with Crippen molar-refractivity contribution in [3.8, 4) is 6.07 Å². The minimum absolute atomic E-state index is 0.123. The van der Waals surface area contributed by atoms with E-state index >= 15 is 0 Å². The van der Waals surface area contributed by atoms with Gasteiger partial charge in [0.05, 0.1) is 24.5 Å². The number of amides is 1. The predicted molar refractivity (Wildman–Crippen MR) is 86.8 cm³/mol. The van der Waals surface area contributed by atoms with Gasteiger partial charge in [0, 0.05) is 0 Å². The molecule has 1 aromatic carbocycles. The fraction of sp³-hybridized carbons (Fsp3) is 0.125. The maximum Gasteiger partial charge on any atom is 0.356 e. The van der Waals surface area contributed by atoms with Crippen LogP contribution in [0.5, 0.6) is 0 Å². The zero-order valence-electron chi connectivity index (χ0n) is 13.1. The Morgan fingerprint density at radius 3 is 2.52 bits per heavy atom. The first-order chi connectivity index (χ1) is 11.9. The molecule has 0 atom stereocenters. The van der Waals surface area contributed by atoms with Crippen molar-refractivity contribution in [2.75, 3.05) is 7.11 Å². The van der Waals surface area contributed by atoms with Crippen LogP contribution in [0.15, 0.2) is 42.5 Å². The third-order valence-electron chi connectivity index (χ3n) is 3.11. The SMILES string of the molecule is COC(=O)c1cccc(C(=O)NS(=O)(=O)Cc2ccccc2C#N)n1. The van der Waals surface area contributed by atoms with Crippen molar-refractivity contribution >= 4 is 21.9 Å². The second-order valence-corrected chi connectivity index (χ2v) is 6.58. The van der Waals surface area contributed by atoms with Gasteiger partial charge < -0.3 is 4.74 Å². The molecule has 9 heteroatoms. The molecule has 0 aliphatic rings. The molecular weight excluding hydrogens is 346 g/mol. The molecule has 1 amide bonds. The van der Waals surface area contributed by atoms with Gasteiger partial charge in [-0.15, -0.1) is 0 Å². The largest absolute Gasteiger partial charge is 0.464 e. The lowest BCUT2D eigenvalue weighted by molar-refractivity contribution is 0.0594. The quantitative estimate of drug-likeness (QED) is 0.789. The smallest absolute Gasteiger partial charge is 0.356 e. The second kappa shape index (κ2) is 7.55. The summed E-state index contributed by atoms with van der Waals surface area (Å²) < 4.78 is 30.7. The molecule has 2 rings (SSSR count). The number of sulfonamides is 1. The number of esters is 1. The molecule has 1 aromatic heterocycles. The summed E-state index contributed by atoms with van der Waals surface area (Å²) in [7, 11) is -2.90. The number of rotatable bonds is 5. The van der Waals surface area contributed by atoms with E-state index in [1.54, 1.807) is 12.1 Å². The molecule has 2 aromatic rings. The van der Waals surface area contributed by atoms with E-state index in [2.05, 4.69) is 9.72 Å². The highest BCUT2D eigenvalue weighted by molar-refractivity contribution is 7.89. The summed E-state index contributed by atoms with van der Waals surface area (Å²) in [6, 6.07) is 12.0. The maximum atomic E-state index is 12.2. The number of benzene rings is 1. The number of methoxy groups -OCH3 is 1. The summed E-state index contributed by atoms with van der Waals surface area (Å²) in [6.07, 6.45) is 0. The number of hydrogen-bond donors (Lipinski definition) is 1. The molecule has 8 nitrogen and oxygen atoms in total. The van der Waals surface area contributed by atoms with E-state index in [9.17, 15) is 18.0 Å². The number of nitrogens with one attached hydrogen (secondary N) is 1. The van der Waals surface area contributed by atoms with Crippen LogP contribution in [-0.2, 0) is 20.5 Å². The highest BCUT2D eigenvalue weighted by Crippen LogP contribution is 2.11. The highest BCUT2D eigenvalue weighted by Gasteiger charge is 2.20. The van der Waals surface area contributed by atoms with Crippen molar-refractivity contribution in [1.82, 2.24) is 9.71 Å². The Morgan fingerprint density at radius 1 is 1.16 bits per heavy atom. The zero-order valence-corrected chi connectivity index (χ0v) is 13.9. The average Bonchev–Trinajstić information content (AvgIpc) is 2.60. The van der Waals surface area contributed by atoms with Crippen LogP contribution in [0, 0.1) is 11.3 Å². The van der Waals surface area contributed by atoms with Gasteiger partial charge in [0.15, 0.2) is 0 Å². The van der Waals surface area contributed by atoms with Gasteiger partial charge in [0.2, 0.25) is 10.0 Å². The van der Waals surface area contributed by atoms with Gasteiger partial charge in [-0.3, -0.25) is 4.79 Å². The van der Waals surface area contributed by atoms with Crippen LogP contribution >= 0.6 is 0 Å². The Labute approximate surface area is 144 Å². The third-order valence-corrected chi connectivity index (χ3v) is 4.30. The minimum Gasteiger partial charge on any atom is -0.464 e. The summed E-state index contributed by atoms with van der Waals surface area (Å²) in [5.74, 6) is -2.28. The first kappa shape index (κ1) is 18.1. The molecule has 25 heavy (non-hydrogen) atoms. The summed E-state index contributed by atoms with van der Waals surface area (Å²) in [5.41, 5.74) is 0.0927. The fourth-order valence-corrected chi connectivity index (χ4v) is 3.09. The summed E-state index contributed by atoms with van der Waals surface area (Å²) in [4.78, 5) is 27.3. The Balaban J connectivity index is 2.19. The highest BCUT2D eigenvalue weighted by atomic mass is 32.2. The van der Waals surface area contributed by atoms with E-state index in [4.69, 9.17) is 5.26 Å². The number of pyridine rings is 1. The Bertz CT molecular complexity index is 964. The maximum absolute atomic E-state index is 12.2. The minimum atomic E-state index is -4.06. The van der Waals surface area contributed by atoms with Gasteiger partial charge in [-0.2, -0.15) is 5.26 Å². The molecule has 0 unspecified atom stereocenters. The normalized spacial score (nSPS) is 10.6. The van der Waals surface area contributed by atoms with E-state index in [0.717, 1.165) is 7.11 Å². The molecule has 128 valence electrons. The van der Waals surface area contributed by atoms with E-state index in [0.29, 0.717) is 0 Å². The van der Waals surface area contributed by atoms with Gasteiger partial charge in [-0.05, 0) is 23.8 Å². The molecule has 1 N–H and O–H groups in total. The monoisotopic (exact) mass is 359 g/mol. The summed E-state index contributed by atoms with van der Waals surface area (Å²) in [5, 5.41) is 9.00. The van der Waals surface area contributed by atoms with Crippen molar-refractivity contribution in [3.05, 3.63) is 65.0 Å². The summed E-state index contributed by atoms with van der Waals surface area (Å²) >= 11 is 0. The summed E-state index contributed by atoms with van der Waals surface area (Å²) in [6.45, 7) is 0. The fourth-order valence-electron chi connectivity index (χ4n) is 1.97. The molecule has 1 heterocycles. The molecule has 0 spiro atoms. The van der Waals surface area contributed by atoms with Crippen molar-refractivity contribution in [2.45, 2.75) is 5.75 Å². The van der Waals surface area contributed by atoms with Crippen LogP contribution < -0.4 is 4.72 Å². The zero-order chi connectivity index (χ0) is 18.4. The average molecular weight is 359 g/mol. The Kier molecular flexibility index (Phi) is 5.46. The van der Waals surface area contributed by atoms with Crippen LogP contribution in [0.3, 0.4) is 0 Å². The van der Waals surface area contributed by atoms with Crippen LogP contribution in [0.25, 0.3) is 0 Å². The van der Waals surface area contributed by atoms with Gasteiger partial charge in [-0.25, -0.2) is 22.9 Å². The number of aromatic nitrogens is 1. The van der Waals surface area contributed by atoms with Crippen molar-refractivity contribution in [1.29, 1.82) is 5.26 Å². The second-order valence-electron chi connectivity index (χ2n) is 4.86. The number of nitrogens with zero attached hydrogens (tertiary/aromatic N) is 2. The number of ether oxygens (including phenoxy) is 1. The van der Waals surface area contributed by atoms with Crippen LogP contribution in [0.4, 0.5) is 0 Å². The molecule has 0 fully saturated rings. The first-order valence-corrected chi connectivity index (χ1v) is 8.59. The number of hydrogen-bond acceptors (Lipinski definition) is 7. The number of carbonyl (C=O) groups is 2. The van der Waals surface area contributed by atoms with E-state index in [-0.39, 0.29) is 22.5 Å². The topological polar surface area (TPSA) is 126 Å². The molecule has 0 bridgehead atoms. The van der Waals surface area contributed by atoms with Crippen LogP contribution in [0.2, 0.25) is 0 Å². The third kappa shape index (κ3) is 4.62. The standard InChI is InChI=1S/C16H13N3O5S/c1-24-16(21)14-8-4-7-13(18-14)15(20)19-25(22,23)10-12-6-3-2-5-11(12)9-17/h2-8H,10H2,1H3,(H,19,20). The van der Waals surface area contributed by atoms with Crippen LogP contribution in [-0.4, -0.2) is 32.4 Å². The number of carbonyl (C=O) groups excluding carboxylic acids is 2. The number of nitriles is 1. The van der Waals surface area contributed by atoms with Crippen molar-refractivity contribution in [2.24, 2.45) is 0 Å². The molecule has 0 aliphatic carbocycles. The van der Waals surface area contributed by atoms with E-state index < -0.39 is 27.7 Å². The predicted octanol–water partition coefficient (Wildman–Crippen LogP) is 1.000. The lowest BCUT2D eigenvalue weighted by atomic mass is 10.1. The molecule has 0 saturated carbocycles. The molecular formula is C16H13N3O5S. The van der Waals surface area contributed by atoms with Gasteiger partial charge in [0.1, 0.15) is 11.4 Å². The van der Waals surface area contributed by atoms with E-state index in [1.807, 2.05) is 10.8 Å². The van der Waals surface area contributed by atoms with Gasteiger partial charge >= 0.3 is 5.97 Å². The van der Waals surface area contributed by atoms with Gasteiger partial charge in [0.25, 0.3) is 5.91 Å². The lowest BCUT2D eigenvalue weighted by Gasteiger charge is -2.08. The van der Waals surface area contributed by atoms with Gasteiger partial charge in [-0.1, -0.05) is 24.3 Å². The van der Waals surface area contributed by atoms with E-state index in [1.165, 1.54) is 30.3 Å². The first-order valence-electron chi connectivity index (χ1n) is 6.94. The lowest BCUT2D eigenvalue weighted by Crippen LogP contribution is -2.32. The Morgan fingerprint density at radius 2 is 1.84 bits per heavy atom. The Hall–Kier alpha value is -3.25.